The molecule has 0 N–H and O–H groups in total. The van der Waals surface area contributed by atoms with Gasteiger partial charge in [-0.05, 0) is 210 Å². The second kappa shape index (κ2) is 25.7. The van der Waals surface area contributed by atoms with Gasteiger partial charge in [0.15, 0.2) is 0 Å². The molecule has 0 spiro atoms. The fourth-order valence-corrected chi connectivity index (χ4v) is 28.0. The molecule has 4 aliphatic carbocycles. The lowest BCUT2D eigenvalue weighted by atomic mass is 9.80. The zero-order valence-corrected chi connectivity index (χ0v) is 78.1. The molecule has 0 saturated heterocycles. The summed E-state index contributed by atoms with van der Waals surface area (Å²) in [4.78, 5) is 0. The number of aromatic nitrogens is 4. The van der Waals surface area contributed by atoms with Crippen LogP contribution in [0.5, 0.6) is 0 Å². The molecule has 656 valence electrons. The third kappa shape index (κ3) is 9.17. The largest absolute Gasteiger partial charge is 0.456 e. The highest BCUT2D eigenvalue weighted by Crippen LogP contribution is 2.63. The average Bonchev–Trinajstić information content (AvgIpc) is 1.52. The summed E-state index contributed by atoms with van der Waals surface area (Å²) < 4.78 is 35.3. The minimum absolute atomic E-state index is 0.0496. The summed E-state index contributed by atoms with van der Waals surface area (Å²) >= 11 is 0. The molecule has 8 heteroatoms. The van der Waals surface area contributed by atoms with Crippen LogP contribution in [0.2, 0.25) is 0 Å². The molecule has 140 heavy (non-hydrogen) atoms. The number of furan rings is 4. The number of fused-ring (bicyclic) bond motifs is 52. The standard InChI is InChI=1S/4C33H21NO/c1-33(2)24-12-6-3-10-19(24)30-25(33)15-23-21-17-29-22(18-9-5-8-14-28(18)35-29)16-27(21)34-26-13-7-4-11-20(26)31(30)32(23)34;1-33(2)24-12-6-3-11-20(24)30-25(33)15-22-18-9-4-7-13-26(18)34-27-16-21-19-10-5-8-14-28(19)35-29(21)17-23(27)31(30)32(22)34;1-33(2)25-12-6-3-9-18(25)23-15-24-21-17-29-22(19-10-5-8-14-28(19)35-29)16-27(21)34-26-13-7-4-11-20(26)30(31(23)33)32(24)34;1-33(2)25-12-6-3-9-18(25)22-15-23-19-10-4-7-13-26(19)34-27-16-21-20-11-5-8-14-28(20)35-29(21)17-24(27)30(31(22)33)32(23)34/h4*3-17H,1-2H3. The van der Waals surface area contributed by atoms with E-state index in [4.69, 9.17) is 17.7 Å². The topological polar surface area (TPSA) is 70.2 Å². The summed E-state index contributed by atoms with van der Waals surface area (Å²) in [6.07, 6.45) is 0. The van der Waals surface area contributed by atoms with Gasteiger partial charge in [0.25, 0.3) is 0 Å². The zero-order chi connectivity index (χ0) is 92.2. The number of nitrogens with zero attached hydrogens (tertiary/aromatic N) is 4. The van der Waals surface area contributed by atoms with Crippen LogP contribution in [0.4, 0.5) is 0 Å². The SMILES string of the molecule is CC1(C)c2ccccc2-c2c1cc1c3cc4oc5ccccc5c4cc3n3c4ccccc4c2c13.CC1(C)c2ccccc2-c2c1cc1c3ccccc3n3c4cc5c(cc4c2c13)oc1ccccc15.CC1(C)c2ccccc2-c2cc3c4cc5oc6ccccc6c5cc4n4c5ccccc5c(c21)c34.CC1(C)c2ccccc2-c2cc3c4ccccc4n4c5cc6c(cc5c(c21)c34)oc1ccccc16. The lowest BCUT2D eigenvalue weighted by Crippen LogP contribution is -2.15. The van der Waals surface area contributed by atoms with Crippen molar-refractivity contribution >= 4 is 240 Å². The van der Waals surface area contributed by atoms with E-state index < -0.39 is 0 Å². The highest BCUT2D eigenvalue weighted by atomic mass is 16.3. The van der Waals surface area contributed by atoms with Gasteiger partial charge in [-0.25, -0.2) is 0 Å². The van der Waals surface area contributed by atoms with Crippen molar-refractivity contribution < 1.29 is 17.7 Å². The summed E-state index contributed by atoms with van der Waals surface area (Å²) in [5.41, 5.74) is 45.1. The van der Waals surface area contributed by atoms with E-state index in [-0.39, 0.29) is 21.7 Å². The van der Waals surface area contributed by atoms with Crippen molar-refractivity contribution in [2.45, 2.75) is 77.0 Å². The van der Waals surface area contributed by atoms with E-state index in [0.717, 1.165) is 44.7 Å². The Morgan fingerprint density at radius 2 is 0.407 bits per heavy atom. The van der Waals surface area contributed by atoms with Gasteiger partial charge in [0.05, 0.1) is 66.2 Å². The molecule has 36 rings (SSSR count). The summed E-state index contributed by atoms with van der Waals surface area (Å²) in [6, 6.07) is 133. The van der Waals surface area contributed by atoms with E-state index in [2.05, 4.69) is 413 Å². The Kier molecular flexibility index (Phi) is 14.0. The maximum atomic E-state index is 6.36. The van der Waals surface area contributed by atoms with Gasteiger partial charge in [0.2, 0.25) is 0 Å². The monoisotopic (exact) mass is 1790 g/mol. The lowest BCUT2D eigenvalue weighted by Gasteiger charge is -2.22. The highest BCUT2D eigenvalue weighted by Gasteiger charge is 2.45. The van der Waals surface area contributed by atoms with Gasteiger partial charge in [-0.3, -0.25) is 0 Å². The molecule has 0 fully saturated rings. The Morgan fingerprint density at radius 1 is 0.157 bits per heavy atom. The van der Waals surface area contributed by atoms with E-state index in [1.54, 1.807) is 0 Å². The minimum Gasteiger partial charge on any atom is -0.456 e. The van der Waals surface area contributed by atoms with Crippen LogP contribution >= 0.6 is 0 Å². The van der Waals surface area contributed by atoms with Crippen molar-refractivity contribution in [2.24, 2.45) is 0 Å². The van der Waals surface area contributed by atoms with Crippen LogP contribution in [0, 0.1) is 0 Å². The molecule has 12 aromatic heterocycles. The molecule has 0 atom stereocenters. The van der Waals surface area contributed by atoms with Crippen LogP contribution in [-0.2, 0) is 21.7 Å². The number of para-hydroxylation sites is 8. The van der Waals surface area contributed by atoms with E-state index in [9.17, 15) is 0 Å². The first-order valence-electron chi connectivity index (χ1n) is 49.2. The highest BCUT2D eigenvalue weighted by molar-refractivity contribution is 6.35. The van der Waals surface area contributed by atoms with E-state index in [1.165, 1.54) is 284 Å². The first-order valence-corrected chi connectivity index (χ1v) is 49.2. The molecule has 0 aliphatic heterocycles. The fraction of sp³-hybridized carbons (Fsp3) is 0.0909. The van der Waals surface area contributed by atoms with Crippen LogP contribution in [0.15, 0.2) is 382 Å². The van der Waals surface area contributed by atoms with Gasteiger partial charge in [0.1, 0.15) is 44.7 Å². The predicted molar refractivity (Wildman–Crippen MR) is 584 cm³/mol. The molecule has 8 nitrogen and oxygen atoms in total. The van der Waals surface area contributed by atoms with Gasteiger partial charge in [-0.2, -0.15) is 0 Å². The van der Waals surface area contributed by atoms with Crippen molar-refractivity contribution in [3.05, 3.63) is 408 Å². The van der Waals surface area contributed by atoms with E-state index >= 15 is 0 Å². The molecule has 20 aromatic carbocycles. The summed E-state index contributed by atoms with van der Waals surface area (Å²) in [6.45, 7) is 19.0. The van der Waals surface area contributed by atoms with Gasteiger partial charge in [-0.15, -0.1) is 0 Å². The number of hydrogen-bond donors (Lipinski definition) is 0. The van der Waals surface area contributed by atoms with Crippen LogP contribution in [0.25, 0.3) is 285 Å². The smallest absolute Gasteiger partial charge is 0.136 e. The molecular formula is C132H84N4O4. The van der Waals surface area contributed by atoms with Crippen LogP contribution in [0.1, 0.15) is 99.9 Å². The van der Waals surface area contributed by atoms with Crippen LogP contribution in [-0.4, -0.2) is 17.6 Å². The summed E-state index contributed by atoms with van der Waals surface area (Å²) in [5, 5.41) is 30.6. The Labute approximate surface area is 799 Å². The summed E-state index contributed by atoms with van der Waals surface area (Å²) in [5.74, 6) is 0. The molecule has 0 radical (unpaired) electrons. The molecule has 0 amide bonds. The average molecular weight is 1790 g/mol. The second-order valence-corrected chi connectivity index (χ2v) is 42.2. The van der Waals surface area contributed by atoms with Crippen molar-refractivity contribution in [1.82, 2.24) is 17.6 Å². The van der Waals surface area contributed by atoms with Crippen molar-refractivity contribution in [3.8, 4) is 44.5 Å². The van der Waals surface area contributed by atoms with Crippen molar-refractivity contribution in [3.63, 3.8) is 0 Å². The van der Waals surface area contributed by atoms with Gasteiger partial charge < -0.3 is 35.3 Å². The number of benzene rings is 20. The van der Waals surface area contributed by atoms with Gasteiger partial charge >= 0.3 is 0 Å². The Balaban J connectivity index is 0.0000000829. The first kappa shape index (κ1) is 76.0. The third-order valence-electron chi connectivity index (χ3n) is 34.0. The number of rotatable bonds is 0. The third-order valence-corrected chi connectivity index (χ3v) is 34.0. The number of hydrogen-bond acceptors (Lipinski definition) is 4. The molecule has 4 aliphatic rings. The first-order chi connectivity index (χ1) is 68.5. The Bertz CT molecular complexity index is 11200. The van der Waals surface area contributed by atoms with E-state index in [1.807, 2.05) is 24.3 Å². The Morgan fingerprint density at radius 3 is 0.793 bits per heavy atom. The molecule has 32 aromatic rings. The van der Waals surface area contributed by atoms with Gasteiger partial charge in [0, 0.05) is 151 Å². The lowest BCUT2D eigenvalue weighted by molar-refractivity contribution is 0.661. The fourth-order valence-electron chi connectivity index (χ4n) is 28.0. The maximum absolute atomic E-state index is 6.36. The molecule has 0 unspecified atom stereocenters. The minimum atomic E-state index is -0.0822. The Hall–Kier alpha value is -17.2. The molecular weight excluding hydrogens is 1710 g/mol. The van der Waals surface area contributed by atoms with Crippen molar-refractivity contribution in [1.29, 1.82) is 0 Å². The quantitative estimate of drug-likeness (QED) is 0.152. The van der Waals surface area contributed by atoms with Gasteiger partial charge in [-0.1, -0.05) is 298 Å². The van der Waals surface area contributed by atoms with Crippen LogP contribution < -0.4 is 0 Å². The normalized spacial score (nSPS) is 14.8. The predicted octanol–water partition coefficient (Wildman–Crippen LogP) is 36.2. The van der Waals surface area contributed by atoms with Crippen LogP contribution in [0.3, 0.4) is 0 Å². The molecule has 0 saturated carbocycles. The zero-order valence-electron chi connectivity index (χ0n) is 78.1. The summed E-state index contributed by atoms with van der Waals surface area (Å²) in [7, 11) is 0. The molecule has 12 heterocycles. The van der Waals surface area contributed by atoms with Crippen molar-refractivity contribution in [2.75, 3.05) is 0 Å². The second-order valence-electron chi connectivity index (χ2n) is 42.2. The molecule has 0 bridgehead atoms. The van der Waals surface area contributed by atoms with E-state index in [0.29, 0.717) is 0 Å². The maximum Gasteiger partial charge on any atom is 0.136 e.